The second-order valence-electron chi connectivity index (χ2n) is 8.55. The third kappa shape index (κ3) is 5.34. The van der Waals surface area contributed by atoms with Crippen LogP contribution in [0.25, 0.3) is 5.69 Å². The zero-order valence-corrected chi connectivity index (χ0v) is 20.1. The molecule has 1 saturated heterocycles. The average molecular weight is 450 g/mol. The molecule has 168 valence electrons. The van der Waals surface area contributed by atoms with Gasteiger partial charge in [0.15, 0.2) is 5.16 Å². The summed E-state index contributed by atoms with van der Waals surface area (Å²) >= 11 is 1.45. The normalized spacial score (nSPS) is 14.6. The van der Waals surface area contributed by atoms with Crippen molar-refractivity contribution in [3.8, 4) is 5.69 Å². The third-order valence-electron chi connectivity index (χ3n) is 5.78. The summed E-state index contributed by atoms with van der Waals surface area (Å²) in [4.78, 5) is 21.9. The van der Waals surface area contributed by atoms with Gasteiger partial charge in [-0.2, -0.15) is 0 Å². The molecular formula is C25H31N5OS. The highest BCUT2D eigenvalue weighted by Crippen LogP contribution is 2.25. The molecule has 1 fully saturated rings. The van der Waals surface area contributed by atoms with Crippen molar-refractivity contribution in [3.63, 3.8) is 0 Å². The number of thioether (sulfide) groups is 1. The fraction of sp³-hybridized carbons (Fsp3) is 0.360. The topological polar surface area (TPSA) is 53.4 Å². The first-order chi connectivity index (χ1) is 15.4. The summed E-state index contributed by atoms with van der Waals surface area (Å²) in [6, 6.07) is 12.7. The minimum atomic E-state index is -0.0274. The van der Waals surface area contributed by atoms with Crippen LogP contribution in [0.3, 0.4) is 0 Å². The van der Waals surface area contributed by atoms with Crippen molar-refractivity contribution in [3.05, 3.63) is 65.5 Å². The first-order valence-electron chi connectivity index (χ1n) is 11.0. The van der Waals surface area contributed by atoms with E-state index in [-0.39, 0.29) is 5.91 Å². The van der Waals surface area contributed by atoms with E-state index in [1.807, 2.05) is 16.8 Å². The number of aromatic nitrogens is 2. The van der Waals surface area contributed by atoms with Crippen LogP contribution in [0, 0.1) is 20.8 Å². The summed E-state index contributed by atoms with van der Waals surface area (Å²) in [5.41, 5.74) is 6.65. The molecule has 1 aliphatic heterocycles. The summed E-state index contributed by atoms with van der Waals surface area (Å²) in [7, 11) is 2.16. The molecule has 2 aromatic carbocycles. The van der Waals surface area contributed by atoms with E-state index in [2.05, 4.69) is 78.3 Å². The van der Waals surface area contributed by atoms with Gasteiger partial charge in [-0.05, 0) is 74.8 Å². The number of likely N-dealkylation sites (N-methyl/N-ethyl adjacent to an activating group) is 1. The summed E-state index contributed by atoms with van der Waals surface area (Å²) < 4.78 is 2.04. The molecule has 0 bridgehead atoms. The van der Waals surface area contributed by atoms with E-state index in [4.69, 9.17) is 0 Å². The molecular weight excluding hydrogens is 418 g/mol. The molecule has 1 N–H and O–H groups in total. The minimum Gasteiger partial charge on any atom is -0.369 e. The van der Waals surface area contributed by atoms with Crippen LogP contribution in [-0.4, -0.2) is 59.3 Å². The van der Waals surface area contributed by atoms with Crippen molar-refractivity contribution in [1.82, 2.24) is 14.5 Å². The molecule has 2 heterocycles. The first-order valence-corrected chi connectivity index (χ1v) is 12.0. The largest absolute Gasteiger partial charge is 0.369 e. The van der Waals surface area contributed by atoms with Gasteiger partial charge >= 0.3 is 0 Å². The predicted molar refractivity (Wildman–Crippen MR) is 133 cm³/mol. The Balaban J connectivity index is 1.37. The van der Waals surface area contributed by atoms with Crippen LogP contribution in [0.5, 0.6) is 0 Å². The number of rotatable bonds is 6. The summed E-state index contributed by atoms with van der Waals surface area (Å²) in [6.45, 7) is 10.4. The number of nitrogens with one attached hydrogen (secondary N) is 1. The molecule has 1 amide bonds. The van der Waals surface area contributed by atoms with Gasteiger partial charge in [0.25, 0.3) is 0 Å². The molecule has 0 unspecified atom stereocenters. The molecule has 3 aromatic rings. The van der Waals surface area contributed by atoms with Gasteiger partial charge in [-0.1, -0.05) is 17.8 Å². The van der Waals surface area contributed by atoms with Crippen LogP contribution in [0.2, 0.25) is 0 Å². The number of aryl methyl sites for hydroxylation is 3. The van der Waals surface area contributed by atoms with Gasteiger partial charge in [-0.15, -0.1) is 0 Å². The van der Waals surface area contributed by atoms with Crippen LogP contribution < -0.4 is 10.2 Å². The number of anilines is 2. The van der Waals surface area contributed by atoms with E-state index >= 15 is 0 Å². The second-order valence-corrected chi connectivity index (χ2v) is 9.49. The Morgan fingerprint density at radius 3 is 2.41 bits per heavy atom. The standard InChI is InChI=1S/C25H31N5OS/c1-18-13-19(2)15-22(14-18)30-8-7-26-25(30)32-17-24(31)27-23-6-5-21(16-20(23)3)29-11-9-28(4)10-12-29/h5-8,13-16H,9-12,17H2,1-4H3,(H,27,31). The van der Waals surface area contributed by atoms with Crippen molar-refractivity contribution >= 4 is 29.0 Å². The van der Waals surface area contributed by atoms with Gasteiger partial charge in [0.1, 0.15) is 0 Å². The zero-order valence-electron chi connectivity index (χ0n) is 19.3. The quantitative estimate of drug-likeness (QED) is 0.569. The lowest BCUT2D eigenvalue weighted by Gasteiger charge is -2.34. The van der Waals surface area contributed by atoms with Gasteiger partial charge in [0, 0.05) is 55.6 Å². The summed E-state index contributed by atoms with van der Waals surface area (Å²) in [5.74, 6) is 0.280. The van der Waals surface area contributed by atoms with Gasteiger partial charge in [-0.25, -0.2) is 4.98 Å². The van der Waals surface area contributed by atoms with Gasteiger partial charge in [0.2, 0.25) is 5.91 Å². The molecule has 6 nitrogen and oxygen atoms in total. The third-order valence-corrected chi connectivity index (χ3v) is 6.74. The molecule has 1 aliphatic rings. The number of imidazole rings is 1. The molecule has 0 aliphatic carbocycles. The summed E-state index contributed by atoms with van der Waals surface area (Å²) in [6.07, 6.45) is 3.72. The van der Waals surface area contributed by atoms with E-state index in [1.165, 1.54) is 28.6 Å². The van der Waals surface area contributed by atoms with Crippen molar-refractivity contribution in [1.29, 1.82) is 0 Å². The van der Waals surface area contributed by atoms with Crippen molar-refractivity contribution in [2.75, 3.05) is 49.2 Å². The Hall–Kier alpha value is -2.77. The second kappa shape index (κ2) is 9.79. The van der Waals surface area contributed by atoms with Crippen LogP contribution in [0.1, 0.15) is 16.7 Å². The zero-order chi connectivity index (χ0) is 22.7. The Labute approximate surface area is 194 Å². The number of hydrogen-bond acceptors (Lipinski definition) is 5. The van der Waals surface area contributed by atoms with Crippen LogP contribution in [0.4, 0.5) is 11.4 Å². The van der Waals surface area contributed by atoms with Crippen LogP contribution in [0.15, 0.2) is 53.9 Å². The number of carbonyl (C=O) groups excluding carboxylic acids is 1. The van der Waals surface area contributed by atoms with Crippen molar-refractivity contribution in [2.45, 2.75) is 25.9 Å². The fourth-order valence-electron chi connectivity index (χ4n) is 4.05. The molecule has 32 heavy (non-hydrogen) atoms. The number of hydrogen-bond donors (Lipinski definition) is 1. The lowest BCUT2D eigenvalue weighted by atomic mass is 10.1. The molecule has 0 saturated carbocycles. The molecule has 0 spiro atoms. The highest BCUT2D eigenvalue weighted by Gasteiger charge is 2.16. The predicted octanol–water partition coefficient (Wildman–Crippen LogP) is 4.28. The minimum absolute atomic E-state index is 0.0274. The maximum Gasteiger partial charge on any atom is 0.234 e. The Morgan fingerprint density at radius 2 is 1.72 bits per heavy atom. The van der Waals surface area contributed by atoms with E-state index in [9.17, 15) is 4.79 Å². The van der Waals surface area contributed by atoms with Gasteiger partial charge in [0.05, 0.1) is 5.75 Å². The number of amides is 1. The van der Waals surface area contributed by atoms with E-state index in [0.29, 0.717) is 5.75 Å². The molecule has 0 radical (unpaired) electrons. The molecule has 4 rings (SSSR count). The maximum atomic E-state index is 12.7. The monoisotopic (exact) mass is 449 g/mol. The Morgan fingerprint density at radius 1 is 1.00 bits per heavy atom. The summed E-state index contributed by atoms with van der Waals surface area (Å²) in [5, 5.41) is 3.88. The highest BCUT2D eigenvalue weighted by atomic mass is 32.2. The number of piperazine rings is 1. The van der Waals surface area contributed by atoms with Crippen molar-refractivity contribution in [2.24, 2.45) is 0 Å². The highest BCUT2D eigenvalue weighted by molar-refractivity contribution is 7.99. The van der Waals surface area contributed by atoms with E-state index in [0.717, 1.165) is 48.3 Å². The lowest BCUT2D eigenvalue weighted by molar-refractivity contribution is -0.113. The first kappa shape index (κ1) is 22.4. The Kier molecular flexibility index (Phi) is 6.86. The van der Waals surface area contributed by atoms with E-state index < -0.39 is 0 Å². The maximum absolute atomic E-state index is 12.7. The Bertz CT molecular complexity index is 1080. The SMILES string of the molecule is Cc1cc(C)cc(-n2ccnc2SCC(=O)Nc2ccc(N3CCN(C)CC3)cc2C)c1. The van der Waals surface area contributed by atoms with Crippen LogP contribution in [-0.2, 0) is 4.79 Å². The van der Waals surface area contributed by atoms with Gasteiger partial charge < -0.3 is 15.1 Å². The number of nitrogens with zero attached hydrogens (tertiary/aromatic N) is 4. The van der Waals surface area contributed by atoms with Crippen LogP contribution >= 0.6 is 11.8 Å². The fourth-order valence-corrected chi connectivity index (χ4v) is 4.82. The molecule has 7 heteroatoms. The number of benzene rings is 2. The van der Waals surface area contributed by atoms with Gasteiger partial charge in [-0.3, -0.25) is 9.36 Å². The smallest absolute Gasteiger partial charge is 0.234 e. The van der Waals surface area contributed by atoms with Crippen molar-refractivity contribution < 1.29 is 4.79 Å². The average Bonchev–Trinajstić information content (AvgIpc) is 3.22. The lowest BCUT2D eigenvalue weighted by Crippen LogP contribution is -2.44. The van der Waals surface area contributed by atoms with E-state index in [1.54, 1.807) is 6.20 Å². The molecule has 1 aromatic heterocycles. The number of carbonyl (C=O) groups is 1. The molecule has 0 atom stereocenters.